The van der Waals surface area contributed by atoms with Crippen LogP contribution in [0.5, 0.6) is 0 Å². The fraction of sp³-hybridized carbons (Fsp3) is 0.588. The summed E-state index contributed by atoms with van der Waals surface area (Å²) in [7, 11) is -2.16. The molecule has 1 aromatic rings. The summed E-state index contributed by atoms with van der Waals surface area (Å²) in [6.45, 7) is 5.32. The lowest BCUT2D eigenvalue weighted by molar-refractivity contribution is -0.132. The number of benzene rings is 1. The van der Waals surface area contributed by atoms with Crippen molar-refractivity contribution in [2.75, 3.05) is 39.8 Å². The number of hydrogen-bond acceptors (Lipinski definition) is 4. The van der Waals surface area contributed by atoms with E-state index in [1.54, 1.807) is 35.2 Å². The van der Waals surface area contributed by atoms with Crippen LogP contribution in [0.3, 0.4) is 0 Å². The number of halogens is 1. The number of likely N-dealkylation sites (tertiary alicyclic amines) is 1. The lowest BCUT2D eigenvalue weighted by atomic mass is 9.97. The van der Waals surface area contributed by atoms with Crippen LogP contribution >= 0.6 is 12.4 Å². The van der Waals surface area contributed by atoms with Gasteiger partial charge in [0.1, 0.15) is 0 Å². The van der Waals surface area contributed by atoms with E-state index in [0.717, 1.165) is 30.2 Å². The molecule has 0 radical (unpaired) electrons. The number of nitrogens with one attached hydrogen (secondary N) is 1. The molecule has 0 spiro atoms. The zero-order valence-electron chi connectivity index (χ0n) is 14.8. The van der Waals surface area contributed by atoms with E-state index in [2.05, 4.69) is 12.2 Å². The maximum atomic E-state index is 12.5. The van der Waals surface area contributed by atoms with Gasteiger partial charge in [-0.3, -0.25) is 4.79 Å². The van der Waals surface area contributed by atoms with E-state index < -0.39 is 10.0 Å². The highest BCUT2D eigenvalue weighted by molar-refractivity contribution is 7.89. The molecule has 1 aliphatic rings. The smallest absolute Gasteiger partial charge is 0.243 e. The first-order valence-corrected chi connectivity index (χ1v) is 9.89. The third-order valence-electron chi connectivity index (χ3n) is 4.46. The van der Waals surface area contributed by atoms with Gasteiger partial charge in [0.05, 0.1) is 11.4 Å². The number of rotatable bonds is 7. The second-order valence-electron chi connectivity index (χ2n) is 6.21. The lowest BCUT2D eigenvalue weighted by Crippen LogP contribution is -2.45. The van der Waals surface area contributed by atoms with Gasteiger partial charge in [0, 0.05) is 20.1 Å². The summed E-state index contributed by atoms with van der Waals surface area (Å²) in [4.78, 5) is 14.4. The first kappa shape index (κ1) is 21.9. The molecule has 6 nitrogen and oxygen atoms in total. The standard InChI is InChI=1S/C17H27N3O3S.ClH/c1-3-18-13-15-9-11-20(12-10-15)17(21)14-19(2)24(22,23)16-7-5-4-6-8-16;/h4-8,15,18H,3,9-14H2,1-2H3;1H. The average Bonchev–Trinajstić information content (AvgIpc) is 2.61. The van der Waals surface area contributed by atoms with E-state index in [0.29, 0.717) is 19.0 Å². The summed E-state index contributed by atoms with van der Waals surface area (Å²) < 4.78 is 26.1. The molecule has 8 heteroatoms. The lowest BCUT2D eigenvalue weighted by Gasteiger charge is -2.33. The molecule has 0 unspecified atom stereocenters. The van der Waals surface area contributed by atoms with Gasteiger partial charge in [0.15, 0.2) is 0 Å². The van der Waals surface area contributed by atoms with Crippen LogP contribution in [-0.2, 0) is 14.8 Å². The highest BCUT2D eigenvalue weighted by atomic mass is 35.5. The van der Waals surface area contributed by atoms with Crippen molar-refractivity contribution >= 4 is 28.3 Å². The number of nitrogens with zero attached hydrogens (tertiary/aromatic N) is 2. The van der Waals surface area contributed by atoms with Gasteiger partial charge in [0.25, 0.3) is 0 Å². The summed E-state index contributed by atoms with van der Waals surface area (Å²) in [5.74, 6) is 0.471. The molecular weight excluding hydrogens is 362 g/mol. The number of hydrogen-bond donors (Lipinski definition) is 1. The number of carbonyl (C=O) groups is 1. The Morgan fingerprint density at radius 1 is 1.24 bits per heavy atom. The second-order valence-corrected chi connectivity index (χ2v) is 8.25. The summed E-state index contributed by atoms with van der Waals surface area (Å²) in [5.41, 5.74) is 0. The summed E-state index contributed by atoms with van der Waals surface area (Å²) in [6, 6.07) is 8.21. The number of amides is 1. The van der Waals surface area contributed by atoms with Crippen LogP contribution < -0.4 is 5.32 Å². The zero-order chi connectivity index (χ0) is 17.6. The Labute approximate surface area is 157 Å². The molecule has 1 amide bonds. The molecule has 0 aromatic heterocycles. The maximum Gasteiger partial charge on any atom is 0.243 e. The topological polar surface area (TPSA) is 69.7 Å². The van der Waals surface area contributed by atoms with Crippen molar-refractivity contribution in [2.24, 2.45) is 5.92 Å². The Kier molecular flexibility index (Phi) is 8.85. The van der Waals surface area contributed by atoms with E-state index in [1.165, 1.54) is 7.05 Å². The second kappa shape index (κ2) is 10.1. The molecule has 1 aliphatic heterocycles. The van der Waals surface area contributed by atoms with Gasteiger partial charge in [-0.15, -0.1) is 12.4 Å². The van der Waals surface area contributed by atoms with Crippen LogP contribution in [0.1, 0.15) is 19.8 Å². The molecule has 0 saturated carbocycles. The third kappa shape index (κ3) is 5.95. The Hall–Kier alpha value is -1.15. The first-order valence-electron chi connectivity index (χ1n) is 8.45. The average molecular weight is 390 g/mol. The van der Waals surface area contributed by atoms with Gasteiger partial charge in [-0.05, 0) is 44.0 Å². The summed E-state index contributed by atoms with van der Waals surface area (Å²) in [5, 5.41) is 3.34. The Morgan fingerprint density at radius 3 is 2.40 bits per heavy atom. The Morgan fingerprint density at radius 2 is 1.84 bits per heavy atom. The summed E-state index contributed by atoms with van der Waals surface area (Å²) in [6.07, 6.45) is 1.93. The number of likely N-dealkylation sites (N-methyl/N-ethyl adjacent to an activating group) is 1. The Balaban J connectivity index is 0.00000312. The van der Waals surface area contributed by atoms with Crippen molar-refractivity contribution in [2.45, 2.75) is 24.7 Å². The van der Waals surface area contributed by atoms with Crippen LogP contribution in [0.2, 0.25) is 0 Å². The highest BCUT2D eigenvalue weighted by Crippen LogP contribution is 2.18. The van der Waals surface area contributed by atoms with E-state index in [1.807, 2.05) is 0 Å². The van der Waals surface area contributed by atoms with E-state index in [4.69, 9.17) is 0 Å². The fourth-order valence-electron chi connectivity index (χ4n) is 2.88. The molecule has 1 N–H and O–H groups in total. The predicted octanol–water partition coefficient (Wildman–Crippen LogP) is 1.58. The van der Waals surface area contributed by atoms with Gasteiger partial charge in [0.2, 0.25) is 15.9 Å². The third-order valence-corrected chi connectivity index (χ3v) is 6.28. The normalized spacial score (nSPS) is 15.9. The number of sulfonamides is 1. The largest absolute Gasteiger partial charge is 0.342 e. The number of piperidine rings is 1. The van der Waals surface area contributed by atoms with Gasteiger partial charge < -0.3 is 10.2 Å². The van der Waals surface area contributed by atoms with Gasteiger partial charge in [-0.25, -0.2) is 8.42 Å². The molecule has 1 heterocycles. The van der Waals surface area contributed by atoms with Gasteiger partial charge in [-0.1, -0.05) is 25.1 Å². The van der Waals surface area contributed by atoms with Gasteiger partial charge >= 0.3 is 0 Å². The van der Waals surface area contributed by atoms with Crippen molar-refractivity contribution in [3.05, 3.63) is 30.3 Å². The minimum atomic E-state index is -3.62. The molecule has 0 aliphatic carbocycles. The van der Waals surface area contributed by atoms with E-state index >= 15 is 0 Å². The molecule has 25 heavy (non-hydrogen) atoms. The zero-order valence-corrected chi connectivity index (χ0v) is 16.5. The Bertz CT molecular complexity index is 632. The molecule has 1 saturated heterocycles. The highest BCUT2D eigenvalue weighted by Gasteiger charge is 2.27. The molecule has 1 aromatic carbocycles. The van der Waals surface area contributed by atoms with Crippen molar-refractivity contribution < 1.29 is 13.2 Å². The molecule has 0 atom stereocenters. The molecule has 2 rings (SSSR count). The quantitative estimate of drug-likeness (QED) is 0.768. The van der Waals surface area contributed by atoms with Crippen molar-refractivity contribution in [3.8, 4) is 0 Å². The maximum absolute atomic E-state index is 12.5. The monoisotopic (exact) mass is 389 g/mol. The van der Waals surface area contributed by atoms with Gasteiger partial charge in [-0.2, -0.15) is 4.31 Å². The number of carbonyl (C=O) groups excluding carboxylic acids is 1. The van der Waals surface area contributed by atoms with E-state index in [9.17, 15) is 13.2 Å². The first-order chi connectivity index (χ1) is 11.4. The fourth-order valence-corrected chi connectivity index (χ4v) is 4.02. The summed E-state index contributed by atoms with van der Waals surface area (Å²) >= 11 is 0. The van der Waals surface area contributed by atoms with Crippen molar-refractivity contribution in [1.29, 1.82) is 0 Å². The van der Waals surface area contributed by atoms with Crippen LogP contribution in [0.25, 0.3) is 0 Å². The van der Waals surface area contributed by atoms with Crippen LogP contribution in [0.15, 0.2) is 35.2 Å². The molecule has 142 valence electrons. The van der Waals surface area contributed by atoms with Crippen LogP contribution in [0.4, 0.5) is 0 Å². The minimum absolute atomic E-state index is 0. The molecular formula is C17H28ClN3O3S. The minimum Gasteiger partial charge on any atom is -0.342 e. The predicted molar refractivity (Wildman–Crippen MR) is 101 cm³/mol. The van der Waals surface area contributed by atoms with Crippen LogP contribution in [-0.4, -0.2) is 63.3 Å². The SMILES string of the molecule is CCNCC1CCN(C(=O)CN(C)S(=O)(=O)c2ccccc2)CC1.Cl. The van der Waals surface area contributed by atoms with E-state index in [-0.39, 0.29) is 29.8 Å². The van der Waals surface area contributed by atoms with Crippen molar-refractivity contribution in [1.82, 2.24) is 14.5 Å². The van der Waals surface area contributed by atoms with Crippen LogP contribution in [0, 0.1) is 5.92 Å². The molecule has 0 bridgehead atoms. The van der Waals surface area contributed by atoms with Crippen molar-refractivity contribution in [3.63, 3.8) is 0 Å². The molecule has 1 fully saturated rings.